The molecule has 0 saturated carbocycles. The number of nitrogens with one attached hydrogen (secondary N) is 1. The molecule has 0 aromatic heterocycles. The van der Waals surface area contributed by atoms with Crippen LogP contribution >= 0.6 is 11.6 Å². The Bertz CT molecular complexity index is 1050. The van der Waals surface area contributed by atoms with Gasteiger partial charge in [0.25, 0.3) is 5.91 Å². The molecule has 0 radical (unpaired) electrons. The number of halogens is 2. The van der Waals surface area contributed by atoms with Crippen LogP contribution in [0.1, 0.15) is 28.8 Å². The minimum Gasteiger partial charge on any atom is -0.452 e. The maximum Gasteiger partial charge on any atom is 0.338 e. The van der Waals surface area contributed by atoms with Gasteiger partial charge in [-0.2, -0.15) is 4.31 Å². The highest BCUT2D eigenvalue weighted by Crippen LogP contribution is 2.28. The van der Waals surface area contributed by atoms with Gasteiger partial charge in [0.05, 0.1) is 10.6 Å². The monoisotopic (exact) mass is 468 g/mol. The van der Waals surface area contributed by atoms with E-state index in [1.54, 1.807) is 12.1 Å². The summed E-state index contributed by atoms with van der Waals surface area (Å²) < 4.78 is 44.7. The molecular formula is C21H22ClFN2O5S. The zero-order valence-electron chi connectivity index (χ0n) is 16.6. The van der Waals surface area contributed by atoms with E-state index < -0.39 is 28.5 Å². The average molecular weight is 469 g/mol. The first-order valence-electron chi connectivity index (χ1n) is 9.75. The number of rotatable bonds is 8. The van der Waals surface area contributed by atoms with Gasteiger partial charge in [0.1, 0.15) is 10.7 Å². The molecule has 0 atom stereocenters. The maximum atomic E-state index is 12.9. The molecule has 0 aliphatic carbocycles. The van der Waals surface area contributed by atoms with E-state index in [0.29, 0.717) is 26.1 Å². The zero-order valence-corrected chi connectivity index (χ0v) is 18.2. The topological polar surface area (TPSA) is 92.8 Å². The van der Waals surface area contributed by atoms with Crippen LogP contribution in [0.25, 0.3) is 0 Å². The Morgan fingerprint density at radius 2 is 1.77 bits per heavy atom. The lowest BCUT2D eigenvalue weighted by atomic mass is 10.1. The molecule has 0 spiro atoms. The van der Waals surface area contributed by atoms with Crippen molar-refractivity contribution < 1.29 is 27.1 Å². The van der Waals surface area contributed by atoms with Crippen LogP contribution in [0.15, 0.2) is 47.4 Å². The van der Waals surface area contributed by atoms with Crippen LogP contribution in [-0.2, 0) is 26.0 Å². The standard InChI is InChI=1S/C21H22ClFN2O5S/c22-18-8-5-16(13-19(18)31(28,29)25-11-1-2-12-25)21(27)30-14-20(26)24-10-9-15-3-6-17(23)7-4-15/h3-8,13H,1-2,9-12,14H2,(H,24,26). The summed E-state index contributed by atoms with van der Waals surface area (Å²) in [6.45, 7) is 0.594. The Balaban J connectivity index is 1.54. The summed E-state index contributed by atoms with van der Waals surface area (Å²) in [6, 6.07) is 9.76. The Morgan fingerprint density at radius 3 is 2.45 bits per heavy atom. The van der Waals surface area contributed by atoms with Gasteiger partial charge in [-0.05, 0) is 55.2 Å². The fourth-order valence-electron chi connectivity index (χ4n) is 3.16. The molecule has 166 valence electrons. The van der Waals surface area contributed by atoms with Crippen molar-refractivity contribution in [2.45, 2.75) is 24.2 Å². The van der Waals surface area contributed by atoms with E-state index >= 15 is 0 Å². The molecule has 3 rings (SSSR count). The van der Waals surface area contributed by atoms with Crippen molar-refractivity contribution in [3.63, 3.8) is 0 Å². The van der Waals surface area contributed by atoms with E-state index in [2.05, 4.69) is 5.32 Å². The number of ether oxygens (including phenoxy) is 1. The summed E-state index contributed by atoms with van der Waals surface area (Å²) in [4.78, 5) is 24.0. The number of nitrogens with zero attached hydrogens (tertiary/aromatic N) is 1. The van der Waals surface area contributed by atoms with E-state index in [1.807, 2.05) is 0 Å². The summed E-state index contributed by atoms with van der Waals surface area (Å²) in [5, 5.41) is 2.62. The van der Waals surface area contributed by atoms with Crippen molar-refractivity contribution in [3.05, 3.63) is 64.4 Å². The third-order valence-electron chi connectivity index (χ3n) is 4.83. The summed E-state index contributed by atoms with van der Waals surface area (Å²) in [7, 11) is -3.81. The third kappa shape index (κ3) is 6.03. The summed E-state index contributed by atoms with van der Waals surface area (Å²) in [5.41, 5.74) is 0.841. The van der Waals surface area contributed by atoms with Crippen LogP contribution in [0, 0.1) is 5.82 Å². The lowest BCUT2D eigenvalue weighted by molar-refractivity contribution is -0.124. The van der Waals surface area contributed by atoms with E-state index in [9.17, 15) is 22.4 Å². The first-order chi connectivity index (χ1) is 14.8. The molecule has 0 unspecified atom stereocenters. The maximum absolute atomic E-state index is 12.9. The second-order valence-corrected chi connectivity index (χ2v) is 9.37. The summed E-state index contributed by atoms with van der Waals surface area (Å²) >= 11 is 6.06. The van der Waals surface area contributed by atoms with Crippen LogP contribution in [-0.4, -0.2) is 50.8 Å². The Labute approximate surface area is 185 Å². The van der Waals surface area contributed by atoms with E-state index in [-0.39, 0.29) is 21.3 Å². The third-order valence-corrected chi connectivity index (χ3v) is 7.21. The van der Waals surface area contributed by atoms with Gasteiger partial charge < -0.3 is 10.1 Å². The molecule has 1 aliphatic rings. The minimum absolute atomic E-state index is 0.0127. The number of benzene rings is 2. The smallest absolute Gasteiger partial charge is 0.338 e. The largest absolute Gasteiger partial charge is 0.452 e. The molecule has 1 fully saturated rings. The molecule has 1 aliphatic heterocycles. The van der Waals surface area contributed by atoms with E-state index in [4.69, 9.17) is 16.3 Å². The molecule has 2 aromatic carbocycles. The van der Waals surface area contributed by atoms with Gasteiger partial charge in [0.15, 0.2) is 6.61 Å². The number of hydrogen-bond acceptors (Lipinski definition) is 5. The molecule has 0 bridgehead atoms. The summed E-state index contributed by atoms with van der Waals surface area (Å²) in [6.07, 6.45) is 2.04. The summed E-state index contributed by atoms with van der Waals surface area (Å²) in [5.74, 6) is -1.67. The van der Waals surface area contributed by atoms with Crippen molar-refractivity contribution in [1.82, 2.24) is 9.62 Å². The number of carbonyl (C=O) groups is 2. The lowest BCUT2D eigenvalue weighted by Gasteiger charge is -2.17. The second-order valence-electron chi connectivity index (χ2n) is 7.06. The van der Waals surface area contributed by atoms with Crippen LogP contribution < -0.4 is 5.32 Å². The number of hydrogen-bond donors (Lipinski definition) is 1. The molecule has 10 heteroatoms. The Hall–Kier alpha value is -2.49. The van der Waals surface area contributed by atoms with Gasteiger partial charge in [0, 0.05) is 19.6 Å². The molecule has 2 aromatic rings. The van der Waals surface area contributed by atoms with E-state index in [1.165, 1.54) is 34.6 Å². The van der Waals surface area contributed by atoms with Gasteiger partial charge in [-0.15, -0.1) is 0 Å². The Morgan fingerprint density at radius 1 is 1.10 bits per heavy atom. The predicted molar refractivity (Wildman–Crippen MR) is 113 cm³/mol. The highest BCUT2D eigenvalue weighted by molar-refractivity contribution is 7.89. The molecule has 1 N–H and O–H groups in total. The molecule has 7 nitrogen and oxygen atoms in total. The van der Waals surface area contributed by atoms with Gasteiger partial charge in [-0.3, -0.25) is 4.79 Å². The van der Waals surface area contributed by atoms with Crippen molar-refractivity contribution in [3.8, 4) is 0 Å². The molecule has 1 saturated heterocycles. The molecule has 1 heterocycles. The van der Waals surface area contributed by atoms with Crippen LogP contribution in [0.3, 0.4) is 0 Å². The zero-order chi connectivity index (χ0) is 22.4. The minimum atomic E-state index is -3.81. The van der Waals surface area contributed by atoms with Gasteiger partial charge >= 0.3 is 5.97 Å². The first kappa shape index (κ1) is 23.2. The number of carbonyl (C=O) groups excluding carboxylic acids is 2. The highest BCUT2D eigenvalue weighted by Gasteiger charge is 2.30. The second kappa shape index (κ2) is 10.2. The fourth-order valence-corrected chi connectivity index (χ4v) is 5.18. The normalized spacial score (nSPS) is 14.4. The number of esters is 1. The van der Waals surface area contributed by atoms with Crippen LogP contribution in [0.2, 0.25) is 5.02 Å². The highest BCUT2D eigenvalue weighted by atomic mass is 35.5. The van der Waals surface area contributed by atoms with Crippen molar-refractivity contribution in [2.24, 2.45) is 0 Å². The van der Waals surface area contributed by atoms with E-state index in [0.717, 1.165) is 18.4 Å². The van der Waals surface area contributed by atoms with Gasteiger partial charge in [-0.1, -0.05) is 23.7 Å². The van der Waals surface area contributed by atoms with Crippen molar-refractivity contribution in [2.75, 3.05) is 26.2 Å². The number of sulfonamides is 1. The Kier molecular flexibility index (Phi) is 7.64. The molecule has 31 heavy (non-hydrogen) atoms. The first-order valence-corrected chi connectivity index (χ1v) is 11.6. The number of amides is 1. The molecular weight excluding hydrogens is 447 g/mol. The van der Waals surface area contributed by atoms with Gasteiger partial charge in [-0.25, -0.2) is 17.6 Å². The van der Waals surface area contributed by atoms with Crippen molar-refractivity contribution >= 4 is 33.5 Å². The lowest BCUT2D eigenvalue weighted by Crippen LogP contribution is -2.30. The molecule has 1 amide bonds. The van der Waals surface area contributed by atoms with Crippen molar-refractivity contribution in [1.29, 1.82) is 0 Å². The van der Waals surface area contributed by atoms with Crippen LogP contribution in [0.4, 0.5) is 4.39 Å². The quantitative estimate of drug-likeness (QED) is 0.601. The average Bonchev–Trinajstić information content (AvgIpc) is 3.29. The fraction of sp³-hybridized carbons (Fsp3) is 0.333. The van der Waals surface area contributed by atoms with Gasteiger partial charge in [0.2, 0.25) is 10.0 Å². The predicted octanol–water partition coefficient (Wildman–Crippen LogP) is 2.78. The SMILES string of the molecule is O=C(COC(=O)c1ccc(Cl)c(S(=O)(=O)N2CCCC2)c1)NCCc1ccc(F)cc1. The van der Waals surface area contributed by atoms with Crippen LogP contribution in [0.5, 0.6) is 0 Å².